The molecule has 0 radical (unpaired) electrons. The first-order chi connectivity index (χ1) is 13.1. The molecule has 0 bridgehead atoms. The van der Waals surface area contributed by atoms with Crippen LogP contribution in [0.25, 0.3) is 0 Å². The number of carbonyl (C=O) groups is 2. The summed E-state index contributed by atoms with van der Waals surface area (Å²) in [6.45, 7) is 0.974. The van der Waals surface area contributed by atoms with Crippen LogP contribution in [0.2, 0.25) is 0 Å². The van der Waals surface area contributed by atoms with Crippen molar-refractivity contribution in [3.63, 3.8) is 0 Å². The van der Waals surface area contributed by atoms with E-state index in [-0.39, 0.29) is 22.2 Å². The molecule has 0 aliphatic rings. The van der Waals surface area contributed by atoms with Crippen molar-refractivity contribution in [3.8, 4) is 6.07 Å². The van der Waals surface area contributed by atoms with Gasteiger partial charge >= 0.3 is 11.5 Å². The van der Waals surface area contributed by atoms with Gasteiger partial charge in [0.15, 0.2) is 5.54 Å². The Morgan fingerprint density at radius 2 is 1.68 bits per heavy atom. The van der Waals surface area contributed by atoms with Crippen molar-refractivity contribution >= 4 is 23.6 Å². The van der Waals surface area contributed by atoms with Crippen LogP contribution in [-0.4, -0.2) is 29.5 Å². The van der Waals surface area contributed by atoms with Crippen LogP contribution in [0.4, 0.5) is 13.2 Å². The first-order valence-corrected chi connectivity index (χ1v) is 8.75. The van der Waals surface area contributed by atoms with Crippen molar-refractivity contribution < 1.29 is 27.5 Å². The van der Waals surface area contributed by atoms with Gasteiger partial charge in [0.25, 0.3) is 5.91 Å². The summed E-state index contributed by atoms with van der Waals surface area (Å²) < 4.78 is 42.1. The summed E-state index contributed by atoms with van der Waals surface area (Å²) in [5.74, 6) is -1.33. The minimum absolute atomic E-state index is 0.0658. The van der Waals surface area contributed by atoms with E-state index in [1.165, 1.54) is 19.1 Å². The van der Waals surface area contributed by atoms with E-state index in [4.69, 9.17) is 4.74 Å². The summed E-state index contributed by atoms with van der Waals surface area (Å²) >= 11 is -0.293. The highest BCUT2D eigenvalue weighted by molar-refractivity contribution is 8.00. The Hall–Kier alpha value is -2.99. The van der Waals surface area contributed by atoms with Crippen LogP contribution in [0, 0.1) is 11.3 Å². The molecule has 0 spiro atoms. The lowest BCUT2D eigenvalue weighted by molar-refractivity contribution is -0.0328. The Morgan fingerprint density at radius 3 is 2.21 bits per heavy atom. The van der Waals surface area contributed by atoms with Crippen molar-refractivity contribution in [2.24, 2.45) is 0 Å². The van der Waals surface area contributed by atoms with Gasteiger partial charge in [-0.1, -0.05) is 18.2 Å². The first kappa shape index (κ1) is 21.3. The quantitative estimate of drug-likeness (QED) is 0.573. The van der Waals surface area contributed by atoms with Crippen molar-refractivity contribution in [3.05, 3.63) is 65.7 Å². The lowest BCUT2D eigenvalue weighted by Crippen LogP contribution is -2.48. The molecule has 2 aromatic carbocycles. The number of benzene rings is 2. The summed E-state index contributed by atoms with van der Waals surface area (Å²) in [5.41, 5.74) is -5.57. The molecule has 0 saturated heterocycles. The average molecular weight is 408 g/mol. The summed E-state index contributed by atoms with van der Waals surface area (Å²) in [4.78, 5) is 24.2. The third-order valence-electron chi connectivity index (χ3n) is 3.49. The van der Waals surface area contributed by atoms with Crippen LogP contribution in [0.15, 0.2) is 59.5 Å². The van der Waals surface area contributed by atoms with Gasteiger partial charge in [0.1, 0.15) is 6.61 Å². The molecular formula is C19H15F3N2O3S. The number of alkyl halides is 3. The maximum Gasteiger partial charge on any atom is 0.446 e. The van der Waals surface area contributed by atoms with Crippen molar-refractivity contribution in [2.75, 3.05) is 6.61 Å². The smallest absolute Gasteiger partial charge is 0.446 e. The highest BCUT2D eigenvalue weighted by atomic mass is 32.2. The predicted octanol–water partition coefficient (Wildman–Crippen LogP) is 4.17. The molecule has 0 saturated carbocycles. The number of rotatable bonds is 6. The van der Waals surface area contributed by atoms with E-state index in [2.05, 4.69) is 5.32 Å². The normalized spacial score (nSPS) is 13.1. The number of esters is 1. The van der Waals surface area contributed by atoms with Crippen molar-refractivity contribution in [2.45, 2.75) is 22.9 Å². The molecule has 1 amide bonds. The summed E-state index contributed by atoms with van der Waals surface area (Å²) in [6.07, 6.45) is 0. The van der Waals surface area contributed by atoms with E-state index >= 15 is 0 Å². The van der Waals surface area contributed by atoms with Gasteiger partial charge in [-0.05, 0) is 55.1 Å². The third-order valence-corrected chi connectivity index (χ3v) is 4.23. The number of hydrogen-bond donors (Lipinski definition) is 1. The van der Waals surface area contributed by atoms with Crippen LogP contribution in [0.3, 0.4) is 0 Å². The van der Waals surface area contributed by atoms with Crippen LogP contribution >= 0.6 is 11.8 Å². The van der Waals surface area contributed by atoms with Gasteiger partial charge in [0.2, 0.25) is 0 Å². The topological polar surface area (TPSA) is 79.2 Å². The number of carbonyl (C=O) groups excluding carboxylic acids is 2. The molecule has 0 heterocycles. The molecule has 146 valence electrons. The molecule has 0 aromatic heterocycles. The second-order valence-corrected chi connectivity index (χ2v) is 7.05. The Labute approximate surface area is 163 Å². The van der Waals surface area contributed by atoms with E-state index in [0.29, 0.717) is 5.56 Å². The fraction of sp³-hybridized carbons (Fsp3) is 0.211. The van der Waals surface area contributed by atoms with Crippen molar-refractivity contribution in [1.82, 2.24) is 5.32 Å². The summed E-state index contributed by atoms with van der Waals surface area (Å²) in [5, 5.41) is 11.8. The molecule has 2 aromatic rings. The Balaban J connectivity index is 1.99. The van der Waals surface area contributed by atoms with Gasteiger partial charge < -0.3 is 10.1 Å². The summed E-state index contributed by atoms with van der Waals surface area (Å²) in [6, 6.07) is 14.8. The first-order valence-electron chi connectivity index (χ1n) is 7.94. The largest absolute Gasteiger partial charge is 0.458 e. The van der Waals surface area contributed by atoms with Crippen LogP contribution in [-0.2, 0) is 4.74 Å². The van der Waals surface area contributed by atoms with Gasteiger partial charge in [0, 0.05) is 10.5 Å². The number of amides is 1. The van der Waals surface area contributed by atoms with Crippen LogP contribution in [0.1, 0.15) is 27.6 Å². The Bertz CT molecular complexity index is 880. The number of ether oxygens (including phenoxy) is 1. The second kappa shape index (κ2) is 8.80. The molecule has 0 aliphatic carbocycles. The van der Waals surface area contributed by atoms with Gasteiger partial charge in [0.05, 0.1) is 11.6 Å². The van der Waals surface area contributed by atoms with E-state index in [1.807, 2.05) is 6.07 Å². The average Bonchev–Trinajstić information content (AvgIpc) is 2.66. The molecule has 1 unspecified atom stereocenters. The molecule has 2 rings (SSSR count). The number of hydrogen-bond acceptors (Lipinski definition) is 5. The monoisotopic (exact) mass is 408 g/mol. The minimum Gasteiger partial charge on any atom is -0.458 e. The maximum atomic E-state index is 12.3. The zero-order chi connectivity index (χ0) is 20.8. The molecule has 0 aliphatic heterocycles. The Kier molecular flexibility index (Phi) is 6.70. The highest BCUT2D eigenvalue weighted by Gasteiger charge is 2.30. The third kappa shape index (κ3) is 6.32. The van der Waals surface area contributed by atoms with E-state index < -0.39 is 29.5 Å². The standard InChI is InChI=1S/C19H15F3N2O3S/c1-18(11-23,12-27-17(26)14-5-3-2-4-6-14)24-16(25)13-7-9-15(10-8-13)28-19(20,21)22/h2-10H,12H2,1H3,(H,24,25). The lowest BCUT2D eigenvalue weighted by Gasteiger charge is -2.23. The van der Waals surface area contributed by atoms with E-state index in [9.17, 15) is 28.0 Å². The van der Waals surface area contributed by atoms with Gasteiger partial charge in [-0.3, -0.25) is 4.79 Å². The maximum absolute atomic E-state index is 12.3. The predicted molar refractivity (Wildman–Crippen MR) is 96.6 cm³/mol. The molecule has 1 atom stereocenters. The molecule has 1 N–H and O–H groups in total. The van der Waals surface area contributed by atoms with Gasteiger partial charge in [-0.25, -0.2) is 4.79 Å². The van der Waals surface area contributed by atoms with Crippen molar-refractivity contribution in [1.29, 1.82) is 5.26 Å². The van der Waals surface area contributed by atoms with Crippen LogP contribution < -0.4 is 5.32 Å². The molecule has 5 nitrogen and oxygen atoms in total. The zero-order valence-electron chi connectivity index (χ0n) is 14.6. The van der Waals surface area contributed by atoms with E-state index in [0.717, 1.165) is 12.1 Å². The number of thioether (sulfide) groups is 1. The number of nitriles is 1. The summed E-state index contributed by atoms with van der Waals surface area (Å²) in [7, 11) is 0. The fourth-order valence-electron chi connectivity index (χ4n) is 2.09. The zero-order valence-corrected chi connectivity index (χ0v) is 15.4. The highest BCUT2D eigenvalue weighted by Crippen LogP contribution is 2.36. The number of halogens is 3. The number of nitrogens with zero attached hydrogens (tertiary/aromatic N) is 1. The SMILES string of the molecule is CC(C#N)(COC(=O)c1ccccc1)NC(=O)c1ccc(SC(F)(F)F)cc1. The number of nitrogens with one attached hydrogen (secondary N) is 1. The molecule has 0 fully saturated rings. The van der Waals surface area contributed by atoms with Crippen LogP contribution in [0.5, 0.6) is 0 Å². The molecular weight excluding hydrogens is 393 g/mol. The van der Waals surface area contributed by atoms with Gasteiger partial charge in [-0.2, -0.15) is 18.4 Å². The molecule has 9 heteroatoms. The Morgan fingerprint density at radius 1 is 1.07 bits per heavy atom. The van der Waals surface area contributed by atoms with Gasteiger partial charge in [-0.15, -0.1) is 0 Å². The van der Waals surface area contributed by atoms with E-state index in [1.54, 1.807) is 30.3 Å². The second-order valence-electron chi connectivity index (χ2n) is 5.91. The lowest BCUT2D eigenvalue weighted by atomic mass is 10.1. The molecule has 28 heavy (non-hydrogen) atoms. The minimum atomic E-state index is -4.42. The fourth-order valence-corrected chi connectivity index (χ4v) is 2.63.